The van der Waals surface area contributed by atoms with Gasteiger partial charge >= 0.3 is 6.18 Å². The molecule has 0 spiro atoms. The smallest absolute Gasteiger partial charge is 0.390 e. The lowest BCUT2D eigenvalue weighted by molar-refractivity contribution is -0.170. The number of aryl methyl sites for hydroxylation is 1. The molecule has 194 valence electrons. The third-order valence-electron chi connectivity index (χ3n) is 7.16. The van der Waals surface area contributed by atoms with Gasteiger partial charge in [0.2, 0.25) is 5.78 Å². The first kappa shape index (κ1) is 25.6. The van der Waals surface area contributed by atoms with Crippen molar-refractivity contribution in [3.8, 4) is 0 Å². The van der Waals surface area contributed by atoms with Gasteiger partial charge in [-0.05, 0) is 70.9 Å². The molecule has 1 saturated carbocycles. The number of hydrogen-bond acceptors (Lipinski definition) is 6. The Morgan fingerprint density at radius 2 is 1.95 bits per heavy atom. The Morgan fingerprint density at radius 3 is 2.70 bits per heavy atom. The highest BCUT2D eigenvalue weighted by atomic mass is 79.9. The molecule has 1 fully saturated rings. The molecule has 5 rings (SSSR count). The molecule has 3 heterocycles. The summed E-state index contributed by atoms with van der Waals surface area (Å²) in [5.41, 5.74) is 8.21. The third-order valence-corrected chi connectivity index (χ3v) is 7.85. The van der Waals surface area contributed by atoms with Crippen molar-refractivity contribution in [2.75, 3.05) is 5.73 Å². The van der Waals surface area contributed by atoms with Crippen LogP contribution in [0.1, 0.15) is 30.1 Å². The number of aliphatic hydroxyl groups excluding tert-OH is 2. The first-order valence-corrected chi connectivity index (χ1v) is 12.6. The first-order chi connectivity index (χ1) is 17.5. The van der Waals surface area contributed by atoms with Crippen molar-refractivity contribution in [2.24, 2.45) is 5.92 Å². The van der Waals surface area contributed by atoms with Crippen LogP contribution in [-0.2, 0) is 17.6 Å². The van der Waals surface area contributed by atoms with Crippen molar-refractivity contribution >= 4 is 49.3 Å². The Labute approximate surface area is 218 Å². The average Bonchev–Trinajstić information content (AvgIpc) is 3.39. The van der Waals surface area contributed by atoms with E-state index in [-0.39, 0.29) is 17.7 Å². The Bertz CT molecular complexity index is 1490. The van der Waals surface area contributed by atoms with Crippen molar-refractivity contribution in [1.82, 2.24) is 14.5 Å². The lowest BCUT2D eigenvalue weighted by Gasteiger charge is -2.19. The number of nitrogen functional groups attached to an aromatic ring is 1. The summed E-state index contributed by atoms with van der Waals surface area (Å²) in [4.78, 5) is 19.9. The van der Waals surface area contributed by atoms with Crippen molar-refractivity contribution < 1.29 is 28.2 Å². The number of rotatable bonds is 6. The number of anilines is 1. The van der Waals surface area contributed by atoms with Gasteiger partial charge in [0.1, 0.15) is 11.9 Å². The number of pyridine rings is 2. The predicted molar refractivity (Wildman–Crippen MR) is 136 cm³/mol. The number of alkyl halides is 3. The molecule has 1 aliphatic carbocycles. The zero-order chi connectivity index (χ0) is 26.5. The van der Waals surface area contributed by atoms with Crippen LogP contribution >= 0.6 is 15.9 Å². The number of Topliss-reactive ketones (excluding diaryl/α,β-unsaturated/α-hetero) is 1. The van der Waals surface area contributed by atoms with Crippen LogP contribution in [0.3, 0.4) is 0 Å². The van der Waals surface area contributed by atoms with E-state index in [1.165, 1.54) is 0 Å². The molecule has 0 amide bonds. The topological polar surface area (TPSA) is 114 Å². The van der Waals surface area contributed by atoms with E-state index in [9.17, 15) is 28.2 Å². The van der Waals surface area contributed by atoms with Gasteiger partial charge in [-0.1, -0.05) is 12.1 Å². The number of ketones is 1. The maximum absolute atomic E-state index is 12.7. The Morgan fingerprint density at radius 1 is 1.16 bits per heavy atom. The molecule has 0 unspecified atom stereocenters. The summed E-state index contributed by atoms with van der Waals surface area (Å²) in [6.07, 6.45) is -2.41. The molecule has 11 heteroatoms. The molecule has 0 bridgehead atoms. The molecule has 0 saturated heterocycles. The van der Waals surface area contributed by atoms with E-state index in [4.69, 9.17) is 5.73 Å². The number of nitrogens with zero attached hydrogens (tertiary/aromatic N) is 3. The van der Waals surface area contributed by atoms with Gasteiger partial charge in [0, 0.05) is 27.6 Å². The normalized spacial score (nSPS) is 22.2. The van der Waals surface area contributed by atoms with E-state index in [0.29, 0.717) is 35.1 Å². The average molecular weight is 577 g/mol. The van der Waals surface area contributed by atoms with Crippen molar-refractivity contribution in [3.63, 3.8) is 0 Å². The highest BCUT2D eigenvalue weighted by Crippen LogP contribution is 2.40. The van der Waals surface area contributed by atoms with Crippen molar-refractivity contribution in [1.29, 1.82) is 0 Å². The molecule has 4 N–H and O–H groups in total. The first-order valence-electron chi connectivity index (χ1n) is 11.8. The lowest BCUT2D eigenvalue weighted by Crippen LogP contribution is -2.29. The van der Waals surface area contributed by atoms with Crippen LogP contribution in [0.25, 0.3) is 21.8 Å². The molecule has 1 aliphatic rings. The molecular formula is C26H24BrF3N4O3. The summed E-state index contributed by atoms with van der Waals surface area (Å²) in [6.45, 7) is 0. The van der Waals surface area contributed by atoms with Crippen LogP contribution in [0.15, 0.2) is 53.3 Å². The number of aliphatic hydroxyl groups is 2. The van der Waals surface area contributed by atoms with Crippen LogP contribution in [0.2, 0.25) is 0 Å². The van der Waals surface area contributed by atoms with Crippen LogP contribution in [-0.4, -0.2) is 48.9 Å². The van der Waals surface area contributed by atoms with E-state index in [1.54, 1.807) is 18.3 Å². The number of benzene rings is 1. The van der Waals surface area contributed by atoms with Gasteiger partial charge < -0.3 is 20.5 Å². The molecule has 37 heavy (non-hydrogen) atoms. The molecule has 3 aromatic heterocycles. The number of fused-ring (bicyclic) bond motifs is 2. The maximum atomic E-state index is 12.7. The SMILES string of the molecule is Nc1nccc2c1ccn2[C@@H]1C[C@H](CCc2ccc3cc(Br)c(CC(=O)C(F)(F)F)nc3c2)[C@@H](O)[C@H]1O. The molecule has 7 nitrogen and oxygen atoms in total. The Balaban J connectivity index is 1.32. The summed E-state index contributed by atoms with van der Waals surface area (Å²) in [6, 6.07) is 10.5. The fourth-order valence-corrected chi connectivity index (χ4v) is 5.65. The standard InChI is InChI=1S/C26H24BrF3N4O3/c27-17-10-14-3-1-13(9-18(14)33-19(17)12-22(35)26(28,29)30)2-4-15-11-21(24(37)23(15)36)34-8-6-16-20(34)5-7-32-25(16)31/h1,3,5-10,15,21,23-24,36-37H,2,4,11-12H2,(H2,31,32)/t15-,21+,23+,24-/m0/s1. The van der Waals surface area contributed by atoms with Crippen LogP contribution < -0.4 is 5.73 Å². The molecule has 1 aromatic carbocycles. The van der Waals surface area contributed by atoms with Crippen molar-refractivity contribution in [2.45, 2.75) is 50.1 Å². The van der Waals surface area contributed by atoms with Gasteiger partial charge in [-0.2, -0.15) is 13.2 Å². The Hall–Kier alpha value is -3.02. The summed E-state index contributed by atoms with van der Waals surface area (Å²) < 4.78 is 40.4. The van der Waals surface area contributed by atoms with Crippen molar-refractivity contribution in [3.05, 3.63) is 64.5 Å². The van der Waals surface area contributed by atoms with Gasteiger partial charge in [-0.15, -0.1) is 0 Å². The monoisotopic (exact) mass is 576 g/mol. The van der Waals surface area contributed by atoms with Gasteiger partial charge in [0.05, 0.1) is 35.3 Å². The quantitative estimate of drug-likeness (QED) is 0.311. The number of carbonyl (C=O) groups is 1. The third kappa shape index (κ3) is 4.95. The zero-order valence-corrected chi connectivity index (χ0v) is 21.1. The number of aromatic nitrogens is 3. The van der Waals surface area contributed by atoms with Crippen LogP contribution in [0, 0.1) is 5.92 Å². The molecule has 0 radical (unpaired) electrons. The fourth-order valence-electron chi connectivity index (χ4n) is 5.17. The minimum absolute atomic E-state index is 0.0268. The van der Waals surface area contributed by atoms with Crippen LogP contribution in [0.5, 0.6) is 0 Å². The second-order valence-electron chi connectivity index (χ2n) is 9.48. The summed E-state index contributed by atoms with van der Waals surface area (Å²) in [7, 11) is 0. The number of halogens is 4. The number of nitrogens with two attached hydrogens (primary N) is 1. The highest BCUT2D eigenvalue weighted by Gasteiger charge is 2.42. The lowest BCUT2D eigenvalue weighted by atomic mass is 9.95. The van der Waals surface area contributed by atoms with E-state index in [2.05, 4.69) is 25.9 Å². The van der Waals surface area contributed by atoms with Crippen LogP contribution in [0.4, 0.5) is 19.0 Å². The van der Waals surface area contributed by atoms with Gasteiger partial charge in [-0.3, -0.25) is 9.78 Å². The number of hydrogen-bond donors (Lipinski definition) is 3. The molecule has 4 atom stereocenters. The highest BCUT2D eigenvalue weighted by molar-refractivity contribution is 9.10. The predicted octanol–water partition coefficient (Wildman–Crippen LogP) is 4.52. The minimum atomic E-state index is -4.92. The molecular weight excluding hydrogens is 553 g/mol. The summed E-state index contributed by atoms with van der Waals surface area (Å²) in [5, 5.41) is 23.1. The second kappa shape index (κ2) is 9.70. The van der Waals surface area contributed by atoms with Gasteiger partial charge in [0.25, 0.3) is 0 Å². The van der Waals surface area contributed by atoms with Gasteiger partial charge in [0.15, 0.2) is 0 Å². The van der Waals surface area contributed by atoms with E-state index >= 15 is 0 Å². The second-order valence-corrected chi connectivity index (χ2v) is 10.3. The molecule has 0 aliphatic heterocycles. The number of carbonyl (C=O) groups excluding carboxylic acids is 1. The minimum Gasteiger partial charge on any atom is -0.390 e. The Kier molecular flexibility index (Phi) is 6.71. The fraction of sp³-hybridized carbons (Fsp3) is 0.346. The van der Waals surface area contributed by atoms with E-state index in [1.807, 2.05) is 35.0 Å². The summed E-state index contributed by atoms with van der Waals surface area (Å²) >= 11 is 3.21. The largest absolute Gasteiger partial charge is 0.450 e. The van der Waals surface area contributed by atoms with E-state index in [0.717, 1.165) is 21.9 Å². The maximum Gasteiger partial charge on any atom is 0.450 e. The summed E-state index contributed by atoms with van der Waals surface area (Å²) in [5.74, 6) is -1.61. The van der Waals surface area contributed by atoms with Gasteiger partial charge in [-0.25, -0.2) is 4.98 Å². The van der Waals surface area contributed by atoms with E-state index < -0.39 is 30.6 Å². The molecule has 4 aromatic rings. The zero-order valence-electron chi connectivity index (χ0n) is 19.5.